The van der Waals surface area contributed by atoms with Crippen LogP contribution in [0.3, 0.4) is 0 Å². The summed E-state index contributed by atoms with van der Waals surface area (Å²) in [5.74, 6) is 0.423. The molecule has 1 aliphatic rings. The molecule has 0 amide bonds. The molecule has 2 atom stereocenters. The van der Waals surface area contributed by atoms with Gasteiger partial charge in [-0.15, -0.1) is 0 Å². The molecule has 1 aliphatic heterocycles. The number of ether oxygens (including phenoxy) is 4. The molecule has 7 nitrogen and oxygen atoms in total. The van der Waals surface area contributed by atoms with Crippen LogP contribution >= 0.6 is 12.2 Å². The Balaban J connectivity index is 2.58. The molecule has 0 saturated carbocycles. The summed E-state index contributed by atoms with van der Waals surface area (Å²) in [7, 11) is 5.93. The summed E-state index contributed by atoms with van der Waals surface area (Å²) < 4.78 is 21.0. The number of hydrogen-bond acceptors (Lipinski definition) is 6. The van der Waals surface area contributed by atoms with Gasteiger partial charge in [0.2, 0.25) is 0 Å². The normalized spacial score (nSPS) is 19.8. The van der Waals surface area contributed by atoms with Crippen LogP contribution in [0.1, 0.15) is 11.6 Å². The van der Waals surface area contributed by atoms with E-state index in [-0.39, 0.29) is 0 Å². The minimum Gasteiger partial charge on any atom is -0.496 e. The van der Waals surface area contributed by atoms with Crippen LogP contribution in [-0.2, 0) is 9.53 Å². The first-order chi connectivity index (χ1) is 11.5. The van der Waals surface area contributed by atoms with E-state index in [9.17, 15) is 4.79 Å². The largest absolute Gasteiger partial charge is 0.496 e. The van der Waals surface area contributed by atoms with Crippen molar-refractivity contribution in [3.63, 3.8) is 0 Å². The van der Waals surface area contributed by atoms with Crippen molar-refractivity contribution in [3.8, 4) is 17.2 Å². The smallest absolute Gasteiger partial charge is 0.317 e. The summed E-state index contributed by atoms with van der Waals surface area (Å²) in [4.78, 5) is 12.2. The molecule has 0 aliphatic carbocycles. The molecule has 2 N–H and O–H groups in total. The van der Waals surface area contributed by atoms with Crippen molar-refractivity contribution >= 4 is 23.3 Å². The van der Waals surface area contributed by atoms with Crippen molar-refractivity contribution in [2.24, 2.45) is 5.92 Å². The number of esters is 1. The van der Waals surface area contributed by atoms with Crippen LogP contribution in [0.5, 0.6) is 17.2 Å². The minimum absolute atomic E-state index is 0.363. The van der Waals surface area contributed by atoms with Gasteiger partial charge in [-0.2, -0.15) is 0 Å². The van der Waals surface area contributed by atoms with E-state index in [0.717, 1.165) is 0 Å². The van der Waals surface area contributed by atoms with E-state index in [1.165, 1.54) is 28.4 Å². The molecule has 1 heterocycles. The maximum atomic E-state index is 12.2. The quantitative estimate of drug-likeness (QED) is 0.610. The van der Waals surface area contributed by atoms with Crippen LogP contribution in [-0.4, -0.2) is 39.5 Å². The molecule has 130 valence electrons. The summed E-state index contributed by atoms with van der Waals surface area (Å²) >= 11 is 5.19. The number of thiocarbonyl (C=S) groups is 1. The van der Waals surface area contributed by atoms with Gasteiger partial charge in [-0.25, -0.2) is 0 Å². The zero-order valence-corrected chi connectivity index (χ0v) is 14.8. The Morgan fingerprint density at radius 2 is 1.67 bits per heavy atom. The van der Waals surface area contributed by atoms with E-state index in [1.54, 1.807) is 12.1 Å². The summed E-state index contributed by atoms with van der Waals surface area (Å²) in [5.41, 5.74) is 1.13. The highest BCUT2D eigenvalue weighted by atomic mass is 32.1. The Hall–Kier alpha value is -2.48. The van der Waals surface area contributed by atoms with Crippen molar-refractivity contribution in [1.29, 1.82) is 0 Å². The van der Waals surface area contributed by atoms with Crippen molar-refractivity contribution in [2.75, 3.05) is 28.4 Å². The number of nitrogens with one attached hydrogen (secondary N) is 2. The van der Waals surface area contributed by atoms with Crippen LogP contribution in [0.2, 0.25) is 0 Å². The van der Waals surface area contributed by atoms with Gasteiger partial charge in [-0.3, -0.25) is 4.79 Å². The molecule has 1 saturated heterocycles. The lowest BCUT2D eigenvalue weighted by Gasteiger charge is -2.35. The van der Waals surface area contributed by atoms with Crippen LogP contribution < -0.4 is 24.8 Å². The van der Waals surface area contributed by atoms with E-state index >= 15 is 0 Å². The van der Waals surface area contributed by atoms with E-state index in [0.29, 0.717) is 33.6 Å². The summed E-state index contributed by atoms with van der Waals surface area (Å²) in [6, 6.07) is 2.92. The summed E-state index contributed by atoms with van der Waals surface area (Å²) in [6.07, 6.45) is 0. The van der Waals surface area contributed by atoms with E-state index in [1.807, 2.05) is 0 Å². The Kier molecular flexibility index (Phi) is 5.50. The lowest BCUT2D eigenvalue weighted by atomic mass is 9.88. The first kappa shape index (κ1) is 17.9. The predicted molar refractivity (Wildman–Crippen MR) is 92.4 cm³/mol. The first-order valence-electron chi connectivity index (χ1n) is 7.10. The lowest BCUT2D eigenvalue weighted by molar-refractivity contribution is -0.145. The van der Waals surface area contributed by atoms with Gasteiger partial charge in [0.1, 0.15) is 11.7 Å². The Morgan fingerprint density at radius 1 is 1.08 bits per heavy atom. The van der Waals surface area contributed by atoms with Crippen molar-refractivity contribution in [1.82, 2.24) is 10.6 Å². The van der Waals surface area contributed by atoms with Crippen molar-refractivity contribution < 1.29 is 23.7 Å². The van der Waals surface area contributed by atoms with Gasteiger partial charge in [0.25, 0.3) is 0 Å². The Bertz CT molecular complexity index is 677. The van der Waals surface area contributed by atoms with Crippen molar-refractivity contribution in [3.05, 3.63) is 30.0 Å². The van der Waals surface area contributed by atoms with Gasteiger partial charge in [0.05, 0.1) is 34.5 Å². The monoisotopic (exact) mass is 352 g/mol. The molecule has 0 spiro atoms. The topological polar surface area (TPSA) is 78.0 Å². The summed E-state index contributed by atoms with van der Waals surface area (Å²) in [5, 5.41) is 6.30. The molecule has 2 rings (SSSR count). The molecule has 0 bridgehead atoms. The minimum atomic E-state index is -0.686. The van der Waals surface area contributed by atoms with Gasteiger partial charge >= 0.3 is 5.97 Å². The fourth-order valence-electron chi connectivity index (χ4n) is 2.64. The maximum Gasteiger partial charge on any atom is 0.317 e. The zero-order chi connectivity index (χ0) is 17.9. The second-order valence-corrected chi connectivity index (χ2v) is 5.46. The zero-order valence-electron chi connectivity index (χ0n) is 14.0. The molecular formula is C16H20N2O5S. The third kappa shape index (κ3) is 3.23. The van der Waals surface area contributed by atoms with Gasteiger partial charge < -0.3 is 29.6 Å². The highest BCUT2D eigenvalue weighted by molar-refractivity contribution is 7.80. The van der Waals surface area contributed by atoms with E-state index in [4.69, 9.17) is 31.2 Å². The predicted octanol–water partition coefficient (Wildman–Crippen LogP) is 1.53. The molecular weight excluding hydrogens is 332 g/mol. The van der Waals surface area contributed by atoms with E-state index in [2.05, 4.69) is 17.2 Å². The van der Waals surface area contributed by atoms with Crippen LogP contribution in [0.15, 0.2) is 24.4 Å². The number of methoxy groups -OCH3 is 4. The van der Waals surface area contributed by atoms with E-state index < -0.39 is 17.9 Å². The van der Waals surface area contributed by atoms with Gasteiger partial charge in [-0.05, 0) is 18.3 Å². The Labute approximate surface area is 145 Å². The van der Waals surface area contributed by atoms with Crippen LogP contribution in [0, 0.1) is 5.92 Å². The highest BCUT2D eigenvalue weighted by Crippen LogP contribution is 2.41. The summed E-state index contributed by atoms with van der Waals surface area (Å²) in [6.45, 7) is 3.89. The third-order valence-corrected chi connectivity index (χ3v) is 4.02. The second kappa shape index (κ2) is 7.39. The molecule has 1 aromatic carbocycles. The molecule has 1 fully saturated rings. The fourth-order valence-corrected chi connectivity index (χ4v) is 2.90. The highest BCUT2D eigenvalue weighted by Gasteiger charge is 2.39. The maximum absolute atomic E-state index is 12.2. The number of carbonyl (C=O) groups excluding carboxylic acids is 1. The molecule has 2 unspecified atom stereocenters. The molecule has 0 aromatic heterocycles. The van der Waals surface area contributed by atoms with Crippen LogP contribution in [0.25, 0.3) is 0 Å². The number of carbonyl (C=O) groups is 1. The average molecular weight is 352 g/mol. The molecule has 1 aromatic rings. The molecule has 24 heavy (non-hydrogen) atoms. The third-order valence-electron chi connectivity index (χ3n) is 3.80. The SMILES string of the molecule is C=C1NC(=S)NC(c2cc(OC)c(OC)cc2OC)C1C(=O)OC. The van der Waals surface area contributed by atoms with Gasteiger partial charge in [0.15, 0.2) is 16.6 Å². The Morgan fingerprint density at radius 3 is 2.21 bits per heavy atom. The standard InChI is InChI=1S/C16H20N2O5S/c1-8-13(15(19)23-5)14(18-16(24)17-8)9-6-11(21-3)12(22-4)7-10(9)20-2/h6-7,13-14H,1H2,2-5H3,(H2,17,18,24). The van der Waals surface area contributed by atoms with Gasteiger partial charge in [-0.1, -0.05) is 6.58 Å². The van der Waals surface area contributed by atoms with Crippen LogP contribution in [0.4, 0.5) is 0 Å². The average Bonchev–Trinajstić information content (AvgIpc) is 2.59. The van der Waals surface area contributed by atoms with Gasteiger partial charge in [0, 0.05) is 17.3 Å². The second-order valence-electron chi connectivity index (χ2n) is 5.05. The molecule has 0 radical (unpaired) electrons. The molecule has 8 heteroatoms. The lowest BCUT2D eigenvalue weighted by Crippen LogP contribution is -2.50. The number of hydrogen-bond donors (Lipinski definition) is 2. The first-order valence-corrected chi connectivity index (χ1v) is 7.51. The van der Waals surface area contributed by atoms with Crippen molar-refractivity contribution in [2.45, 2.75) is 6.04 Å². The fraction of sp³-hybridized carbons (Fsp3) is 0.375. The number of rotatable bonds is 5. The number of benzene rings is 1.